The van der Waals surface area contributed by atoms with Crippen molar-refractivity contribution in [2.24, 2.45) is 5.41 Å². The van der Waals surface area contributed by atoms with Crippen molar-refractivity contribution < 1.29 is 5.11 Å². The van der Waals surface area contributed by atoms with E-state index in [1.165, 1.54) is 12.8 Å². The molecule has 1 heterocycles. The number of aliphatic hydroxyl groups excluding tert-OH is 1. The Balaban J connectivity index is 2.32. The molecular weight excluding hydrogens is 224 g/mol. The van der Waals surface area contributed by atoms with E-state index >= 15 is 0 Å². The summed E-state index contributed by atoms with van der Waals surface area (Å²) in [6.07, 6.45) is 8.69. The molecule has 1 aliphatic carbocycles. The number of hydrogen-bond acceptors (Lipinski definition) is 3. The molecule has 1 saturated carbocycles. The van der Waals surface area contributed by atoms with Gasteiger partial charge in [0.25, 0.3) is 0 Å². The molecule has 1 atom stereocenters. The smallest absolute Gasteiger partial charge is 0.0993 e. The minimum Gasteiger partial charge on any atom is -0.387 e. The van der Waals surface area contributed by atoms with Crippen molar-refractivity contribution in [3.05, 3.63) is 29.6 Å². The first-order chi connectivity index (χ1) is 8.69. The Morgan fingerprint density at radius 1 is 1.33 bits per heavy atom. The van der Waals surface area contributed by atoms with Crippen LogP contribution in [0.1, 0.15) is 55.8 Å². The average Bonchev–Trinajstić information content (AvgIpc) is 2.65. The highest BCUT2D eigenvalue weighted by Gasteiger charge is 2.39. The summed E-state index contributed by atoms with van der Waals surface area (Å²) in [4.78, 5) is 4.08. The highest BCUT2D eigenvalue weighted by Crippen LogP contribution is 2.44. The van der Waals surface area contributed by atoms with E-state index in [0.717, 1.165) is 36.8 Å². The molecule has 0 bridgehead atoms. The van der Waals surface area contributed by atoms with Crippen molar-refractivity contribution in [1.82, 2.24) is 4.98 Å². The minimum atomic E-state index is -0.714. The number of pyridine rings is 1. The molecule has 1 aromatic heterocycles. The van der Waals surface area contributed by atoms with Gasteiger partial charge < -0.3 is 5.11 Å². The minimum absolute atomic E-state index is 0.621. The summed E-state index contributed by atoms with van der Waals surface area (Å²) in [5.74, 6) is 0. The van der Waals surface area contributed by atoms with Crippen LogP contribution < -0.4 is 0 Å². The topological polar surface area (TPSA) is 56.9 Å². The van der Waals surface area contributed by atoms with E-state index in [1.807, 2.05) is 13.0 Å². The van der Waals surface area contributed by atoms with Gasteiger partial charge in [-0.05, 0) is 31.4 Å². The second-order valence-electron chi connectivity index (χ2n) is 5.32. The van der Waals surface area contributed by atoms with Crippen LogP contribution in [0.25, 0.3) is 0 Å². The van der Waals surface area contributed by atoms with Crippen LogP contribution in [-0.4, -0.2) is 10.1 Å². The zero-order valence-electron chi connectivity index (χ0n) is 10.9. The van der Waals surface area contributed by atoms with Gasteiger partial charge in [-0.2, -0.15) is 5.26 Å². The zero-order chi connectivity index (χ0) is 13.0. The maximum absolute atomic E-state index is 10.6. The maximum Gasteiger partial charge on any atom is 0.0993 e. The predicted molar refractivity (Wildman–Crippen MR) is 69.7 cm³/mol. The molecule has 1 aliphatic rings. The van der Waals surface area contributed by atoms with Gasteiger partial charge in [-0.1, -0.05) is 25.7 Å². The van der Waals surface area contributed by atoms with E-state index in [4.69, 9.17) is 0 Å². The summed E-state index contributed by atoms with van der Waals surface area (Å²) in [7, 11) is 0. The Bertz CT molecular complexity index is 442. The molecule has 0 spiro atoms. The second kappa shape index (κ2) is 5.49. The van der Waals surface area contributed by atoms with Gasteiger partial charge in [-0.25, -0.2) is 0 Å². The fourth-order valence-corrected chi connectivity index (χ4v) is 2.87. The van der Waals surface area contributed by atoms with Crippen molar-refractivity contribution in [1.29, 1.82) is 5.26 Å². The van der Waals surface area contributed by atoms with E-state index < -0.39 is 11.5 Å². The van der Waals surface area contributed by atoms with Crippen LogP contribution in [-0.2, 0) is 0 Å². The Kier molecular flexibility index (Phi) is 3.98. The molecular formula is C15H20N2O. The van der Waals surface area contributed by atoms with E-state index in [1.54, 1.807) is 12.4 Å². The van der Waals surface area contributed by atoms with E-state index in [2.05, 4.69) is 11.1 Å². The number of rotatable bonds is 2. The predicted octanol–water partition coefficient (Wildman–Crippen LogP) is 3.29. The highest BCUT2D eigenvalue weighted by atomic mass is 16.3. The number of aliphatic hydroxyl groups is 1. The van der Waals surface area contributed by atoms with E-state index in [9.17, 15) is 10.4 Å². The fourth-order valence-electron chi connectivity index (χ4n) is 2.87. The molecule has 18 heavy (non-hydrogen) atoms. The Labute approximate surface area is 108 Å². The SMILES string of the molecule is Cc1ccncc1C(O)C1(C#N)CCCCCC1. The van der Waals surface area contributed by atoms with Crippen molar-refractivity contribution in [2.45, 2.75) is 51.6 Å². The van der Waals surface area contributed by atoms with Crippen molar-refractivity contribution in [2.75, 3.05) is 0 Å². The second-order valence-corrected chi connectivity index (χ2v) is 5.32. The third-order valence-electron chi connectivity index (χ3n) is 4.12. The van der Waals surface area contributed by atoms with Crippen LogP contribution in [0.4, 0.5) is 0 Å². The van der Waals surface area contributed by atoms with Gasteiger partial charge in [-0.15, -0.1) is 0 Å². The molecule has 96 valence electrons. The van der Waals surface area contributed by atoms with Gasteiger partial charge in [0.05, 0.1) is 17.6 Å². The zero-order valence-corrected chi connectivity index (χ0v) is 10.9. The molecule has 1 aromatic rings. The number of nitrogens with zero attached hydrogens (tertiary/aromatic N) is 2. The highest BCUT2D eigenvalue weighted by molar-refractivity contribution is 5.28. The third-order valence-corrected chi connectivity index (χ3v) is 4.12. The van der Waals surface area contributed by atoms with Gasteiger partial charge in [0.15, 0.2) is 0 Å². The molecule has 0 saturated heterocycles. The van der Waals surface area contributed by atoms with Gasteiger partial charge in [-0.3, -0.25) is 4.98 Å². The molecule has 3 heteroatoms. The van der Waals surface area contributed by atoms with E-state index in [-0.39, 0.29) is 0 Å². The normalized spacial score (nSPS) is 20.7. The molecule has 0 radical (unpaired) electrons. The molecule has 1 fully saturated rings. The fraction of sp³-hybridized carbons (Fsp3) is 0.600. The molecule has 3 nitrogen and oxygen atoms in total. The first kappa shape index (κ1) is 13.0. The van der Waals surface area contributed by atoms with Gasteiger partial charge in [0.1, 0.15) is 0 Å². The van der Waals surface area contributed by atoms with Gasteiger partial charge in [0.2, 0.25) is 0 Å². The van der Waals surface area contributed by atoms with Gasteiger partial charge >= 0.3 is 0 Å². The van der Waals surface area contributed by atoms with Crippen molar-refractivity contribution in [3.63, 3.8) is 0 Å². The average molecular weight is 244 g/mol. The summed E-state index contributed by atoms with van der Waals surface area (Å²) in [6.45, 7) is 1.96. The monoisotopic (exact) mass is 244 g/mol. The maximum atomic E-state index is 10.6. The molecule has 1 N–H and O–H groups in total. The lowest BCUT2D eigenvalue weighted by atomic mass is 9.74. The largest absolute Gasteiger partial charge is 0.387 e. The summed E-state index contributed by atoms with van der Waals surface area (Å²) < 4.78 is 0. The van der Waals surface area contributed by atoms with Crippen LogP contribution >= 0.6 is 0 Å². The first-order valence-corrected chi connectivity index (χ1v) is 6.69. The van der Waals surface area contributed by atoms with Gasteiger partial charge in [0, 0.05) is 18.0 Å². The lowest BCUT2D eigenvalue weighted by Gasteiger charge is -2.31. The van der Waals surface area contributed by atoms with Crippen LogP contribution in [0.3, 0.4) is 0 Å². The number of aromatic nitrogens is 1. The number of nitriles is 1. The van der Waals surface area contributed by atoms with Crippen LogP contribution in [0.5, 0.6) is 0 Å². The van der Waals surface area contributed by atoms with Crippen molar-refractivity contribution in [3.8, 4) is 6.07 Å². The number of aryl methyl sites for hydroxylation is 1. The molecule has 0 amide bonds. The summed E-state index contributed by atoms with van der Waals surface area (Å²) >= 11 is 0. The molecule has 0 aromatic carbocycles. The summed E-state index contributed by atoms with van der Waals surface area (Å²) in [6, 6.07) is 4.29. The number of hydrogen-bond donors (Lipinski definition) is 1. The lowest BCUT2D eigenvalue weighted by molar-refractivity contribution is 0.0508. The quantitative estimate of drug-likeness (QED) is 0.812. The van der Waals surface area contributed by atoms with Crippen LogP contribution in [0.15, 0.2) is 18.5 Å². The third kappa shape index (κ3) is 2.39. The molecule has 1 unspecified atom stereocenters. The summed E-state index contributed by atoms with van der Waals surface area (Å²) in [5, 5.41) is 20.2. The Hall–Kier alpha value is -1.40. The molecule has 2 rings (SSSR count). The van der Waals surface area contributed by atoms with Crippen molar-refractivity contribution >= 4 is 0 Å². The van der Waals surface area contributed by atoms with E-state index in [0.29, 0.717) is 0 Å². The first-order valence-electron chi connectivity index (χ1n) is 6.69. The Morgan fingerprint density at radius 3 is 2.56 bits per heavy atom. The molecule has 0 aliphatic heterocycles. The summed E-state index contributed by atoms with van der Waals surface area (Å²) in [5.41, 5.74) is 1.20. The Morgan fingerprint density at radius 2 is 2.00 bits per heavy atom. The van der Waals surface area contributed by atoms with Crippen LogP contribution in [0.2, 0.25) is 0 Å². The van der Waals surface area contributed by atoms with Crippen LogP contribution in [0, 0.1) is 23.7 Å². The standard InChI is InChI=1S/C15H20N2O/c1-12-6-9-17-10-13(12)14(18)15(11-16)7-4-2-3-5-8-15/h6,9-10,14,18H,2-5,7-8H2,1H3. The lowest BCUT2D eigenvalue weighted by Crippen LogP contribution is -2.27.